The standard InChI is InChI=1S/C26H42N6O5/c27-14-6-4-11-19(29)23(33)30-20(12-5-7-15-28)25(35)32-16-8-13-22(32)24(34)31-21(26(36)37)17-18-9-2-1-3-10-18/h1-3,9-10,19-22H,4-8,11-17,27-29H2,(H,30,33)(H,31,34)(H,36,37). The third kappa shape index (κ3) is 9.75. The smallest absolute Gasteiger partial charge is 0.326 e. The van der Waals surface area contributed by atoms with Crippen molar-refractivity contribution in [2.45, 2.75) is 82.0 Å². The van der Waals surface area contributed by atoms with Gasteiger partial charge in [0.2, 0.25) is 17.7 Å². The van der Waals surface area contributed by atoms with Crippen molar-refractivity contribution in [1.82, 2.24) is 15.5 Å². The molecule has 0 spiro atoms. The van der Waals surface area contributed by atoms with Gasteiger partial charge in [0.25, 0.3) is 0 Å². The van der Waals surface area contributed by atoms with Crippen LogP contribution in [0.2, 0.25) is 0 Å². The molecule has 1 aliphatic heterocycles. The summed E-state index contributed by atoms with van der Waals surface area (Å²) in [4.78, 5) is 52.6. The fourth-order valence-corrected chi connectivity index (χ4v) is 4.49. The van der Waals surface area contributed by atoms with Crippen LogP contribution in [0.1, 0.15) is 56.9 Å². The molecule has 1 aromatic rings. The van der Waals surface area contributed by atoms with Crippen LogP contribution in [-0.2, 0) is 25.6 Å². The Morgan fingerprint density at radius 2 is 1.59 bits per heavy atom. The molecule has 0 saturated carbocycles. The van der Waals surface area contributed by atoms with Crippen LogP contribution < -0.4 is 27.8 Å². The second kappa shape index (κ2) is 16.0. The van der Waals surface area contributed by atoms with E-state index in [0.29, 0.717) is 64.6 Å². The van der Waals surface area contributed by atoms with E-state index >= 15 is 0 Å². The van der Waals surface area contributed by atoms with E-state index in [2.05, 4.69) is 10.6 Å². The number of amides is 3. The van der Waals surface area contributed by atoms with Gasteiger partial charge in [0.05, 0.1) is 6.04 Å². The summed E-state index contributed by atoms with van der Waals surface area (Å²) in [5.41, 5.74) is 17.9. The summed E-state index contributed by atoms with van der Waals surface area (Å²) in [6.07, 6.45) is 4.74. The highest BCUT2D eigenvalue weighted by Crippen LogP contribution is 2.20. The number of benzene rings is 1. The molecule has 0 radical (unpaired) electrons. The van der Waals surface area contributed by atoms with E-state index in [1.807, 2.05) is 6.07 Å². The van der Waals surface area contributed by atoms with Crippen molar-refractivity contribution in [3.8, 4) is 0 Å². The molecule has 0 aromatic heterocycles. The monoisotopic (exact) mass is 518 g/mol. The van der Waals surface area contributed by atoms with E-state index in [9.17, 15) is 24.3 Å². The van der Waals surface area contributed by atoms with E-state index < -0.39 is 42.0 Å². The molecule has 37 heavy (non-hydrogen) atoms. The number of carbonyl (C=O) groups is 4. The molecule has 4 atom stereocenters. The molecule has 1 aliphatic rings. The summed E-state index contributed by atoms with van der Waals surface area (Å²) >= 11 is 0. The van der Waals surface area contributed by atoms with Crippen molar-refractivity contribution in [3.05, 3.63) is 35.9 Å². The van der Waals surface area contributed by atoms with E-state index in [1.54, 1.807) is 24.3 Å². The minimum Gasteiger partial charge on any atom is -0.480 e. The molecule has 1 saturated heterocycles. The second-order valence-electron chi connectivity index (χ2n) is 9.52. The third-order valence-electron chi connectivity index (χ3n) is 6.60. The van der Waals surface area contributed by atoms with Crippen LogP contribution >= 0.6 is 0 Å². The fourth-order valence-electron chi connectivity index (χ4n) is 4.49. The summed E-state index contributed by atoms with van der Waals surface area (Å²) in [6.45, 7) is 1.32. The highest BCUT2D eigenvalue weighted by molar-refractivity contribution is 5.94. The number of rotatable bonds is 16. The lowest BCUT2D eigenvalue weighted by Crippen LogP contribution is -2.57. The van der Waals surface area contributed by atoms with Crippen LogP contribution in [0.4, 0.5) is 0 Å². The summed E-state index contributed by atoms with van der Waals surface area (Å²) < 4.78 is 0. The number of nitrogens with one attached hydrogen (secondary N) is 2. The van der Waals surface area contributed by atoms with Crippen LogP contribution in [0.5, 0.6) is 0 Å². The molecule has 0 bridgehead atoms. The molecular weight excluding hydrogens is 476 g/mol. The molecule has 2 rings (SSSR count). The average molecular weight is 519 g/mol. The molecule has 3 amide bonds. The van der Waals surface area contributed by atoms with Crippen molar-refractivity contribution in [2.24, 2.45) is 17.2 Å². The predicted octanol–water partition coefficient (Wildman–Crippen LogP) is -0.140. The number of likely N-dealkylation sites (tertiary alicyclic amines) is 1. The quantitative estimate of drug-likeness (QED) is 0.163. The lowest BCUT2D eigenvalue weighted by Gasteiger charge is -2.30. The molecule has 4 unspecified atom stereocenters. The van der Waals surface area contributed by atoms with Gasteiger partial charge in [-0.15, -0.1) is 0 Å². The number of carboxylic acids is 1. The van der Waals surface area contributed by atoms with E-state index in [-0.39, 0.29) is 12.3 Å². The van der Waals surface area contributed by atoms with Crippen LogP contribution in [0.25, 0.3) is 0 Å². The summed E-state index contributed by atoms with van der Waals surface area (Å²) in [5.74, 6) is -2.45. The van der Waals surface area contributed by atoms with Gasteiger partial charge in [-0.3, -0.25) is 14.4 Å². The fraction of sp³-hybridized carbons (Fsp3) is 0.615. The van der Waals surface area contributed by atoms with Gasteiger partial charge in [0.15, 0.2) is 0 Å². The Morgan fingerprint density at radius 3 is 2.22 bits per heavy atom. The van der Waals surface area contributed by atoms with Gasteiger partial charge in [-0.1, -0.05) is 36.8 Å². The maximum Gasteiger partial charge on any atom is 0.326 e. The normalized spacial score (nSPS) is 17.6. The average Bonchev–Trinajstić information content (AvgIpc) is 3.38. The molecule has 11 nitrogen and oxygen atoms in total. The molecule has 1 heterocycles. The number of aliphatic carboxylic acids is 1. The number of nitrogens with zero attached hydrogens (tertiary/aromatic N) is 1. The zero-order valence-corrected chi connectivity index (χ0v) is 21.4. The number of hydrogen-bond donors (Lipinski definition) is 6. The number of carboxylic acid groups (broad SMARTS) is 1. The Kier molecular flexibility index (Phi) is 13.0. The van der Waals surface area contributed by atoms with Crippen LogP contribution in [0.15, 0.2) is 30.3 Å². The first kappa shape index (κ1) is 30.2. The zero-order chi connectivity index (χ0) is 27.2. The summed E-state index contributed by atoms with van der Waals surface area (Å²) in [6, 6.07) is 5.49. The number of unbranched alkanes of at least 4 members (excludes halogenated alkanes) is 2. The van der Waals surface area contributed by atoms with E-state index in [1.165, 1.54) is 4.90 Å². The lowest BCUT2D eigenvalue weighted by atomic mass is 10.0. The topological polar surface area (TPSA) is 194 Å². The van der Waals surface area contributed by atoms with Crippen LogP contribution in [0.3, 0.4) is 0 Å². The summed E-state index contributed by atoms with van der Waals surface area (Å²) in [7, 11) is 0. The van der Waals surface area contributed by atoms with Gasteiger partial charge < -0.3 is 37.8 Å². The van der Waals surface area contributed by atoms with Gasteiger partial charge in [-0.05, 0) is 63.6 Å². The van der Waals surface area contributed by atoms with Crippen molar-refractivity contribution in [3.63, 3.8) is 0 Å². The number of hydrogen-bond acceptors (Lipinski definition) is 7. The van der Waals surface area contributed by atoms with Gasteiger partial charge in [0, 0.05) is 13.0 Å². The Balaban J connectivity index is 2.08. The molecule has 1 aromatic carbocycles. The van der Waals surface area contributed by atoms with Crippen molar-refractivity contribution in [2.75, 3.05) is 19.6 Å². The molecule has 206 valence electrons. The molecular formula is C26H42N6O5. The van der Waals surface area contributed by atoms with E-state index in [0.717, 1.165) is 12.0 Å². The minimum absolute atomic E-state index is 0.127. The van der Waals surface area contributed by atoms with Crippen molar-refractivity contribution in [1.29, 1.82) is 0 Å². The van der Waals surface area contributed by atoms with E-state index in [4.69, 9.17) is 17.2 Å². The maximum absolute atomic E-state index is 13.5. The highest BCUT2D eigenvalue weighted by Gasteiger charge is 2.39. The Hall–Kier alpha value is -3.02. The van der Waals surface area contributed by atoms with Crippen molar-refractivity contribution >= 4 is 23.7 Å². The van der Waals surface area contributed by atoms with Gasteiger partial charge in [-0.25, -0.2) is 4.79 Å². The van der Waals surface area contributed by atoms with Gasteiger partial charge in [-0.2, -0.15) is 0 Å². The first-order chi connectivity index (χ1) is 17.8. The van der Waals surface area contributed by atoms with Crippen molar-refractivity contribution < 1.29 is 24.3 Å². The SMILES string of the molecule is NCCCCC(N)C(=O)NC(CCCCN)C(=O)N1CCCC1C(=O)NC(Cc1ccccc1)C(=O)O. The Bertz CT molecular complexity index is 883. The van der Waals surface area contributed by atoms with Gasteiger partial charge in [0.1, 0.15) is 18.1 Å². The summed E-state index contributed by atoms with van der Waals surface area (Å²) in [5, 5.41) is 15.0. The molecule has 0 aliphatic carbocycles. The molecule has 9 N–H and O–H groups in total. The third-order valence-corrected chi connectivity index (χ3v) is 6.60. The predicted molar refractivity (Wildman–Crippen MR) is 140 cm³/mol. The minimum atomic E-state index is -1.15. The van der Waals surface area contributed by atoms with Crippen LogP contribution in [-0.4, -0.2) is 77.5 Å². The maximum atomic E-state index is 13.5. The largest absolute Gasteiger partial charge is 0.480 e. The molecule has 11 heteroatoms. The first-order valence-electron chi connectivity index (χ1n) is 13.1. The highest BCUT2D eigenvalue weighted by atomic mass is 16.4. The Labute approximate surface area is 218 Å². The zero-order valence-electron chi connectivity index (χ0n) is 21.4. The second-order valence-corrected chi connectivity index (χ2v) is 9.52. The first-order valence-corrected chi connectivity index (χ1v) is 13.1. The van der Waals surface area contributed by atoms with Gasteiger partial charge >= 0.3 is 5.97 Å². The Morgan fingerprint density at radius 1 is 0.946 bits per heavy atom. The van der Waals surface area contributed by atoms with Crippen LogP contribution in [0, 0.1) is 0 Å². The molecule has 1 fully saturated rings. The lowest BCUT2D eigenvalue weighted by molar-refractivity contribution is -0.145. The number of carbonyl (C=O) groups excluding carboxylic acids is 3. The number of nitrogens with two attached hydrogens (primary N) is 3.